The molecular weight excluding hydrogens is 1140 g/mol. The highest BCUT2D eigenvalue weighted by atomic mass is 79.9. The van der Waals surface area contributed by atoms with Gasteiger partial charge in [0.05, 0.1) is 33.6 Å². The van der Waals surface area contributed by atoms with E-state index in [1.165, 1.54) is 48.3 Å². The lowest BCUT2D eigenvalue weighted by molar-refractivity contribution is 0.102. The van der Waals surface area contributed by atoms with Crippen molar-refractivity contribution in [1.29, 1.82) is 0 Å². The number of pyridine rings is 6. The molecule has 0 spiro atoms. The van der Waals surface area contributed by atoms with Gasteiger partial charge >= 0.3 is 0 Å². The number of alkyl halides is 1. The molecule has 8 heterocycles. The molecule has 8 N–H and O–H groups in total. The molecule has 0 fully saturated rings. The Hall–Kier alpha value is -10.8. The number of rotatable bonds is 9. The highest BCUT2D eigenvalue weighted by Gasteiger charge is 2.12. The number of nitrogens with two attached hydrogens (primary N) is 1. The first-order valence-corrected chi connectivity index (χ1v) is 25.7. The molecule has 0 aliphatic heterocycles. The molecule has 12 rings (SSSR count). The van der Waals surface area contributed by atoms with Gasteiger partial charge in [0.25, 0.3) is 11.1 Å². The molecule has 0 saturated carbocycles. The van der Waals surface area contributed by atoms with Crippen LogP contribution in [0.4, 0.5) is 11.4 Å². The number of halogens is 2. The number of carbonyl (C=O) groups is 2. The molecule has 0 saturated heterocycles. The number of nitrogen functional groups attached to an aromatic ring is 1. The second-order valence-electron chi connectivity index (χ2n) is 16.6. The highest BCUT2D eigenvalue weighted by molar-refractivity contribution is 9.08. The third-order valence-corrected chi connectivity index (χ3v) is 11.5. The predicted molar refractivity (Wildman–Crippen MR) is 312 cm³/mol. The average Bonchev–Trinajstić information content (AvgIpc) is 4.18. The van der Waals surface area contributed by atoms with Crippen LogP contribution in [-0.4, -0.2) is 76.6 Å². The van der Waals surface area contributed by atoms with Crippen molar-refractivity contribution in [2.24, 2.45) is 0 Å². The lowest BCUT2D eigenvalue weighted by Crippen LogP contribution is -2.11. The van der Waals surface area contributed by atoms with Gasteiger partial charge in [-0.2, -0.15) is 0 Å². The van der Waals surface area contributed by atoms with Crippen LogP contribution >= 0.6 is 27.5 Å². The molecule has 0 aliphatic rings. The molecule has 22 heteroatoms. The van der Waals surface area contributed by atoms with Gasteiger partial charge < -0.3 is 50.2 Å². The van der Waals surface area contributed by atoms with Crippen LogP contribution in [0.2, 0.25) is 0 Å². The Kier molecular flexibility index (Phi) is 21.8. The third-order valence-electron chi connectivity index (χ3n) is 10.6. The van der Waals surface area contributed by atoms with E-state index in [2.05, 4.69) is 61.1 Å². The number of phenols is 5. The average molecular weight is 1180 g/mol. The summed E-state index contributed by atoms with van der Waals surface area (Å²) in [6, 6.07) is 40.2. The van der Waals surface area contributed by atoms with E-state index in [-0.39, 0.29) is 46.0 Å². The van der Waals surface area contributed by atoms with E-state index in [9.17, 15) is 19.8 Å². The zero-order valence-corrected chi connectivity index (χ0v) is 45.2. The molecule has 8 aromatic heterocycles. The SMILES string of the molecule is BrCc1cccnc1.Nc1ccc(O)cc1O.O=C(Cl)c1cccnc1.O=C(Nc1ccc(O)cc1O)c1cccnc1.Oc1ccc2nc(-c3cccnc3)oc2c1.c1cncc(COc2ccc3nc(-c4cccnc4)oc3c2)c1. The van der Waals surface area contributed by atoms with E-state index in [1.807, 2.05) is 72.9 Å². The maximum atomic E-state index is 11.7. The summed E-state index contributed by atoms with van der Waals surface area (Å²) in [5, 5.41) is 48.4. The van der Waals surface area contributed by atoms with Gasteiger partial charge in [-0.05, 0) is 126 Å². The van der Waals surface area contributed by atoms with E-state index in [1.54, 1.807) is 98.2 Å². The van der Waals surface area contributed by atoms with Crippen LogP contribution in [0, 0.1) is 0 Å². The number of nitrogens with zero attached hydrogens (tertiary/aromatic N) is 8. The van der Waals surface area contributed by atoms with E-state index in [4.69, 9.17) is 46.2 Å². The molecule has 0 atom stereocenters. The number of aromatic nitrogens is 8. The van der Waals surface area contributed by atoms with Crippen molar-refractivity contribution < 1.29 is 48.7 Å². The molecule has 82 heavy (non-hydrogen) atoms. The molecule has 412 valence electrons. The first-order valence-electron chi connectivity index (χ1n) is 24.2. The fraction of sp³-hybridized carbons (Fsp3) is 0.0333. The van der Waals surface area contributed by atoms with Gasteiger partial charge in [-0.25, -0.2) is 9.97 Å². The van der Waals surface area contributed by atoms with Crippen LogP contribution in [0.5, 0.6) is 34.5 Å². The number of nitrogens with one attached hydrogen (secondary N) is 1. The van der Waals surface area contributed by atoms with Gasteiger partial charge in [0, 0.05) is 110 Å². The Morgan fingerprint density at radius 2 is 1.00 bits per heavy atom. The number of fused-ring (bicyclic) bond motifs is 2. The van der Waals surface area contributed by atoms with Crippen LogP contribution in [0.25, 0.3) is 45.1 Å². The smallest absolute Gasteiger partial charge is 0.257 e. The maximum Gasteiger partial charge on any atom is 0.257 e. The van der Waals surface area contributed by atoms with Crippen LogP contribution in [-0.2, 0) is 11.9 Å². The molecule has 12 aromatic rings. The molecule has 0 radical (unpaired) electrons. The molecule has 4 aromatic carbocycles. The Balaban J connectivity index is 0.000000148. The Labute approximate surface area is 481 Å². The Morgan fingerprint density at radius 1 is 0.524 bits per heavy atom. The Bertz CT molecular complexity index is 3920. The summed E-state index contributed by atoms with van der Waals surface area (Å²) < 4.78 is 17.1. The molecular formula is C60H48BrClN10O10. The summed E-state index contributed by atoms with van der Waals surface area (Å²) in [6.07, 6.45) is 20.0. The zero-order chi connectivity index (χ0) is 58.1. The number of hydrogen-bond acceptors (Lipinski definition) is 19. The van der Waals surface area contributed by atoms with Crippen LogP contribution in [0.3, 0.4) is 0 Å². The molecule has 0 unspecified atom stereocenters. The van der Waals surface area contributed by atoms with Gasteiger partial charge in [-0.15, -0.1) is 0 Å². The van der Waals surface area contributed by atoms with Crippen molar-refractivity contribution in [3.8, 4) is 57.4 Å². The van der Waals surface area contributed by atoms with Gasteiger partial charge in [0.1, 0.15) is 52.1 Å². The summed E-state index contributed by atoms with van der Waals surface area (Å²) in [7, 11) is 0. The van der Waals surface area contributed by atoms with Crippen LogP contribution in [0.15, 0.2) is 229 Å². The van der Waals surface area contributed by atoms with Gasteiger partial charge in [0.15, 0.2) is 11.2 Å². The summed E-state index contributed by atoms with van der Waals surface area (Å²) >= 11 is 8.44. The largest absolute Gasteiger partial charge is 0.508 e. The molecule has 0 bridgehead atoms. The number of benzene rings is 4. The van der Waals surface area contributed by atoms with Crippen molar-refractivity contribution in [3.05, 3.63) is 242 Å². The summed E-state index contributed by atoms with van der Waals surface area (Å²) in [5.74, 6) is 1.25. The minimum absolute atomic E-state index is 0.0155. The lowest BCUT2D eigenvalue weighted by atomic mass is 10.2. The Morgan fingerprint density at radius 3 is 1.46 bits per heavy atom. The number of oxazole rings is 2. The normalized spacial score (nSPS) is 10.1. The summed E-state index contributed by atoms with van der Waals surface area (Å²) in [4.78, 5) is 54.5. The van der Waals surface area contributed by atoms with Crippen molar-refractivity contribution in [1.82, 2.24) is 39.9 Å². The minimum Gasteiger partial charge on any atom is -0.508 e. The van der Waals surface area contributed by atoms with Gasteiger partial charge in [-0.1, -0.05) is 28.1 Å². The summed E-state index contributed by atoms with van der Waals surface area (Å²) in [5.41, 5.74) is 13.2. The third kappa shape index (κ3) is 18.4. The van der Waals surface area contributed by atoms with Crippen molar-refractivity contribution >= 4 is 72.3 Å². The fourth-order valence-corrected chi connectivity index (χ4v) is 7.03. The number of anilines is 2. The van der Waals surface area contributed by atoms with Crippen molar-refractivity contribution in [3.63, 3.8) is 0 Å². The van der Waals surface area contributed by atoms with Crippen molar-refractivity contribution in [2.45, 2.75) is 11.9 Å². The van der Waals surface area contributed by atoms with Crippen molar-refractivity contribution in [2.75, 3.05) is 11.1 Å². The molecule has 0 aliphatic carbocycles. The maximum absolute atomic E-state index is 11.7. The molecule has 20 nitrogen and oxygen atoms in total. The van der Waals surface area contributed by atoms with Gasteiger partial charge in [0.2, 0.25) is 11.8 Å². The monoisotopic (exact) mass is 1180 g/mol. The van der Waals surface area contributed by atoms with Crippen LogP contribution < -0.4 is 15.8 Å². The summed E-state index contributed by atoms with van der Waals surface area (Å²) in [6.45, 7) is 0.461. The van der Waals surface area contributed by atoms with E-state index >= 15 is 0 Å². The topological polar surface area (TPSA) is 312 Å². The second kappa shape index (κ2) is 30.4. The lowest BCUT2D eigenvalue weighted by Gasteiger charge is -2.07. The highest BCUT2D eigenvalue weighted by Crippen LogP contribution is 2.30. The molecule has 1 amide bonds. The first-order chi connectivity index (χ1) is 39.8. The predicted octanol–water partition coefficient (Wildman–Crippen LogP) is 12.3. The number of aromatic hydroxyl groups is 5. The quantitative estimate of drug-likeness (QED) is 0.0232. The van der Waals surface area contributed by atoms with E-state index in [0.717, 1.165) is 44.9 Å². The first kappa shape index (κ1) is 58.9. The van der Waals surface area contributed by atoms with Crippen LogP contribution in [0.1, 0.15) is 31.8 Å². The second-order valence-corrected chi connectivity index (χ2v) is 17.5. The number of phenolic OH excluding ortho intramolecular Hbond substituents is 5. The fourth-order valence-electron chi connectivity index (χ4n) is 6.59. The minimum atomic E-state index is -0.469. The van der Waals surface area contributed by atoms with Gasteiger partial charge in [-0.3, -0.25) is 39.5 Å². The number of amides is 1. The standard InChI is InChI=1S/C18H13N3O2.C12H10N2O3.C12H8N2O2.C6H6BrN.C6H4ClNO.C6H7NO2/c1-3-13(10-19-7-1)12-22-15-5-6-16-17(9-15)23-18(21-16)14-4-2-8-20-11-14;15-9-3-4-10(11(16)6-9)14-12(17)8-2-1-5-13-7-8;15-9-3-4-10-11(6-9)16-12(14-10)8-2-1-5-13-7-8;7-4-6-2-1-3-8-5-6;7-6(9)5-2-1-3-8-4-5;7-5-2-1-4(8)3-6(5)9/h1-11H,12H2;1-7,15-16H,(H,14,17);1-7,15H;1-3,5H,4H2;1-4H;1-3,8-9H,7H2. The number of carbonyl (C=O) groups excluding carboxylic acids is 2. The number of ether oxygens (including phenoxy) is 1. The number of hydrogen-bond donors (Lipinski definition) is 7. The zero-order valence-electron chi connectivity index (χ0n) is 42.9. The van der Waals surface area contributed by atoms with E-state index < -0.39 is 5.24 Å². The van der Waals surface area contributed by atoms with E-state index in [0.29, 0.717) is 40.7 Å².